The van der Waals surface area contributed by atoms with E-state index in [-0.39, 0.29) is 18.5 Å². The maximum Gasteiger partial charge on any atom is 0.243 e. The van der Waals surface area contributed by atoms with Crippen LogP contribution in [0.2, 0.25) is 0 Å². The number of nitrogens with zero attached hydrogens (tertiary/aromatic N) is 2. The van der Waals surface area contributed by atoms with Crippen molar-refractivity contribution in [3.8, 4) is 5.75 Å². The van der Waals surface area contributed by atoms with Crippen molar-refractivity contribution in [2.24, 2.45) is 0 Å². The number of carbonyl (C=O) groups is 1. The number of amides is 1. The highest BCUT2D eigenvalue weighted by atomic mass is 32.2. The van der Waals surface area contributed by atoms with Crippen molar-refractivity contribution in [3.05, 3.63) is 24.3 Å². The molecule has 1 N–H and O–H groups in total. The second kappa shape index (κ2) is 8.73. The smallest absolute Gasteiger partial charge is 0.243 e. The number of hydrogen-bond acceptors (Lipinski definition) is 5. The number of likely N-dealkylation sites (N-methyl/N-ethyl adjacent to an activating group) is 1. The molecule has 146 valence electrons. The van der Waals surface area contributed by atoms with E-state index in [4.69, 9.17) is 4.74 Å². The number of aliphatic hydroxyl groups is 1. The highest BCUT2D eigenvalue weighted by Gasteiger charge is 2.31. The first-order valence-corrected chi connectivity index (χ1v) is 10.7. The molecule has 2 rings (SSSR count). The summed E-state index contributed by atoms with van der Waals surface area (Å²) in [5, 5.41) is 10.2. The molecule has 0 saturated heterocycles. The molecular formula is C18H28N2O5S. The van der Waals surface area contributed by atoms with Crippen molar-refractivity contribution < 1.29 is 23.1 Å². The molecular weight excluding hydrogens is 356 g/mol. The van der Waals surface area contributed by atoms with Crippen LogP contribution in [0.5, 0.6) is 5.75 Å². The summed E-state index contributed by atoms with van der Waals surface area (Å²) >= 11 is 0. The molecule has 2 atom stereocenters. The molecule has 0 bridgehead atoms. The van der Waals surface area contributed by atoms with Crippen LogP contribution >= 0.6 is 0 Å². The van der Waals surface area contributed by atoms with Crippen LogP contribution in [0, 0.1) is 0 Å². The fourth-order valence-corrected chi connectivity index (χ4v) is 4.10. The highest BCUT2D eigenvalue weighted by molar-refractivity contribution is 7.92. The summed E-state index contributed by atoms with van der Waals surface area (Å²) in [6.07, 6.45) is 3.79. The van der Waals surface area contributed by atoms with E-state index in [1.54, 1.807) is 31.3 Å². The summed E-state index contributed by atoms with van der Waals surface area (Å²) in [6, 6.07) is 6.39. The molecule has 0 radical (unpaired) electrons. The first-order valence-electron chi connectivity index (χ1n) is 8.88. The van der Waals surface area contributed by atoms with E-state index in [9.17, 15) is 18.3 Å². The fourth-order valence-electron chi connectivity index (χ4n) is 3.26. The fraction of sp³-hybridized carbons (Fsp3) is 0.611. The minimum absolute atomic E-state index is 0.271. The van der Waals surface area contributed by atoms with E-state index in [0.29, 0.717) is 24.5 Å². The number of anilines is 1. The van der Waals surface area contributed by atoms with Crippen LogP contribution in [0.3, 0.4) is 0 Å². The lowest BCUT2D eigenvalue weighted by Gasteiger charge is -2.36. The van der Waals surface area contributed by atoms with Crippen LogP contribution in [0.1, 0.15) is 32.6 Å². The van der Waals surface area contributed by atoms with Crippen LogP contribution in [-0.4, -0.2) is 62.9 Å². The van der Waals surface area contributed by atoms with Crippen LogP contribution < -0.4 is 9.04 Å². The Bertz CT molecular complexity index is 722. The van der Waals surface area contributed by atoms with Crippen molar-refractivity contribution in [1.29, 1.82) is 0 Å². The van der Waals surface area contributed by atoms with Gasteiger partial charge in [0, 0.05) is 13.1 Å². The Hall–Kier alpha value is -1.80. The lowest BCUT2D eigenvalue weighted by molar-refractivity contribution is -0.133. The normalized spacial score (nSPS) is 20.5. The Morgan fingerprint density at radius 2 is 2.00 bits per heavy atom. The Balaban J connectivity index is 2.20. The van der Waals surface area contributed by atoms with Crippen LogP contribution in [0.25, 0.3) is 0 Å². The molecule has 0 aliphatic heterocycles. The van der Waals surface area contributed by atoms with Gasteiger partial charge >= 0.3 is 0 Å². The average molecular weight is 384 g/mol. The predicted molar refractivity (Wildman–Crippen MR) is 101 cm³/mol. The van der Waals surface area contributed by atoms with Gasteiger partial charge in [0.1, 0.15) is 12.3 Å². The molecule has 0 spiro atoms. The van der Waals surface area contributed by atoms with Gasteiger partial charge in [-0.2, -0.15) is 0 Å². The highest BCUT2D eigenvalue weighted by Crippen LogP contribution is 2.25. The number of carbonyl (C=O) groups excluding carboxylic acids is 1. The van der Waals surface area contributed by atoms with Crippen molar-refractivity contribution >= 4 is 21.6 Å². The molecule has 1 aliphatic carbocycles. The molecule has 0 heterocycles. The summed E-state index contributed by atoms with van der Waals surface area (Å²) < 4.78 is 31.0. The SMILES string of the molecule is CCOc1cccc(N(CC(=O)N(C)C2CCCCC2O)S(C)(=O)=O)c1. The third-order valence-electron chi connectivity index (χ3n) is 4.68. The number of benzene rings is 1. The second-order valence-corrected chi connectivity index (χ2v) is 8.53. The Morgan fingerprint density at radius 3 is 2.62 bits per heavy atom. The van der Waals surface area contributed by atoms with Gasteiger partial charge < -0.3 is 14.7 Å². The topological polar surface area (TPSA) is 87.2 Å². The molecule has 26 heavy (non-hydrogen) atoms. The van der Waals surface area contributed by atoms with Gasteiger partial charge in [0.05, 0.1) is 30.7 Å². The Morgan fingerprint density at radius 1 is 1.31 bits per heavy atom. The van der Waals surface area contributed by atoms with Gasteiger partial charge in [0.25, 0.3) is 0 Å². The Labute approximate surface area is 155 Å². The minimum Gasteiger partial charge on any atom is -0.494 e. The summed E-state index contributed by atoms with van der Waals surface area (Å²) in [4.78, 5) is 14.2. The largest absolute Gasteiger partial charge is 0.494 e. The van der Waals surface area contributed by atoms with Crippen LogP contribution in [0.15, 0.2) is 24.3 Å². The van der Waals surface area contributed by atoms with Gasteiger partial charge in [0.2, 0.25) is 15.9 Å². The molecule has 1 aliphatic rings. The van der Waals surface area contributed by atoms with E-state index < -0.39 is 16.1 Å². The van der Waals surface area contributed by atoms with E-state index in [1.165, 1.54) is 4.90 Å². The van der Waals surface area contributed by atoms with Gasteiger partial charge in [-0.15, -0.1) is 0 Å². The Kier molecular flexibility index (Phi) is 6.88. The van der Waals surface area contributed by atoms with Gasteiger partial charge in [-0.25, -0.2) is 8.42 Å². The molecule has 2 unspecified atom stereocenters. The summed E-state index contributed by atoms with van der Waals surface area (Å²) in [6.45, 7) is 1.99. The zero-order valence-corrected chi connectivity index (χ0v) is 16.4. The minimum atomic E-state index is -3.65. The maximum absolute atomic E-state index is 12.7. The average Bonchev–Trinajstić information content (AvgIpc) is 2.59. The van der Waals surface area contributed by atoms with Crippen molar-refractivity contribution in [3.63, 3.8) is 0 Å². The van der Waals surface area contributed by atoms with Crippen LogP contribution in [-0.2, 0) is 14.8 Å². The molecule has 1 saturated carbocycles. The molecule has 1 aromatic carbocycles. The predicted octanol–water partition coefficient (Wildman–Crippen LogP) is 1.61. The van der Waals surface area contributed by atoms with E-state index in [0.717, 1.165) is 29.8 Å². The summed E-state index contributed by atoms with van der Waals surface area (Å²) in [7, 11) is -2.03. The first kappa shape index (κ1) is 20.5. The zero-order valence-electron chi connectivity index (χ0n) is 15.6. The molecule has 1 aromatic rings. The van der Waals surface area contributed by atoms with Crippen molar-refractivity contribution in [1.82, 2.24) is 4.90 Å². The van der Waals surface area contributed by atoms with Crippen molar-refractivity contribution in [2.45, 2.75) is 44.8 Å². The summed E-state index contributed by atoms with van der Waals surface area (Å²) in [5.41, 5.74) is 0.379. The molecule has 0 aromatic heterocycles. The number of ether oxygens (including phenoxy) is 1. The van der Waals surface area contributed by atoms with Gasteiger partial charge in [0.15, 0.2) is 0 Å². The monoisotopic (exact) mass is 384 g/mol. The zero-order chi connectivity index (χ0) is 19.3. The number of sulfonamides is 1. The van der Waals surface area contributed by atoms with E-state index in [1.807, 2.05) is 6.92 Å². The standard InChI is InChI=1S/C18H28N2O5S/c1-4-25-15-9-7-8-14(12-15)20(26(3,23)24)13-18(22)19(2)16-10-5-6-11-17(16)21/h7-9,12,16-17,21H,4-6,10-11,13H2,1-3H3. The van der Waals surface area contributed by atoms with Gasteiger partial charge in [-0.3, -0.25) is 9.10 Å². The molecule has 1 fully saturated rings. The third kappa shape index (κ3) is 5.11. The van der Waals surface area contributed by atoms with E-state index >= 15 is 0 Å². The quantitative estimate of drug-likeness (QED) is 0.772. The van der Waals surface area contributed by atoms with Crippen molar-refractivity contribution in [2.75, 3.05) is 30.8 Å². The summed E-state index contributed by atoms with van der Waals surface area (Å²) in [5.74, 6) is 0.199. The van der Waals surface area contributed by atoms with Crippen LogP contribution in [0.4, 0.5) is 5.69 Å². The lowest BCUT2D eigenvalue weighted by Crippen LogP contribution is -2.50. The van der Waals surface area contributed by atoms with Gasteiger partial charge in [-0.05, 0) is 31.9 Å². The van der Waals surface area contributed by atoms with Gasteiger partial charge in [-0.1, -0.05) is 18.9 Å². The van der Waals surface area contributed by atoms with E-state index in [2.05, 4.69) is 0 Å². The molecule has 1 amide bonds. The third-order valence-corrected chi connectivity index (χ3v) is 5.82. The molecule has 8 heteroatoms. The maximum atomic E-state index is 12.7. The lowest BCUT2D eigenvalue weighted by atomic mass is 9.91. The first-order chi connectivity index (χ1) is 12.2. The number of rotatable bonds is 7. The number of hydrogen-bond donors (Lipinski definition) is 1. The molecule has 7 nitrogen and oxygen atoms in total. The number of aliphatic hydroxyl groups excluding tert-OH is 1. The second-order valence-electron chi connectivity index (χ2n) is 6.62.